The van der Waals surface area contributed by atoms with Crippen LogP contribution in [0.1, 0.15) is 35.6 Å². The van der Waals surface area contributed by atoms with Crippen LogP contribution in [0.15, 0.2) is 58.8 Å². The SMILES string of the molecule is CCCn1c2c(c3nccn3c1=O)CC(c1cnn(Cc3cccc(C(F)(F)F)c3)c1)=N2. The fourth-order valence-corrected chi connectivity index (χ4v) is 4.01. The lowest BCUT2D eigenvalue weighted by atomic mass is 10.1. The van der Waals surface area contributed by atoms with Gasteiger partial charge in [0.25, 0.3) is 0 Å². The van der Waals surface area contributed by atoms with Gasteiger partial charge >= 0.3 is 11.9 Å². The number of hydrogen-bond donors (Lipinski definition) is 0. The van der Waals surface area contributed by atoms with Gasteiger partial charge in [-0.15, -0.1) is 0 Å². The smallest absolute Gasteiger partial charge is 0.277 e. The molecule has 0 N–H and O–H groups in total. The van der Waals surface area contributed by atoms with Gasteiger partial charge < -0.3 is 0 Å². The summed E-state index contributed by atoms with van der Waals surface area (Å²) < 4.78 is 43.7. The zero-order valence-electron chi connectivity index (χ0n) is 17.2. The van der Waals surface area contributed by atoms with Gasteiger partial charge in [0.2, 0.25) is 0 Å². The molecule has 0 bridgehead atoms. The molecule has 5 rings (SSSR count). The molecule has 10 heteroatoms. The average Bonchev–Trinajstić information content (AvgIpc) is 3.49. The Balaban J connectivity index is 1.46. The second-order valence-corrected chi connectivity index (χ2v) is 7.72. The first-order valence-corrected chi connectivity index (χ1v) is 10.2. The van der Waals surface area contributed by atoms with Gasteiger partial charge in [-0.1, -0.05) is 19.1 Å². The van der Waals surface area contributed by atoms with Crippen molar-refractivity contribution in [2.45, 2.75) is 39.0 Å². The van der Waals surface area contributed by atoms with E-state index in [1.54, 1.807) is 40.1 Å². The molecule has 0 saturated carbocycles. The minimum Gasteiger partial charge on any atom is -0.277 e. The van der Waals surface area contributed by atoms with Crippen molar-refractivity contribution in [3.63, 3.8) is 0 Å². The van der Waals surface area contributed by atoms with Crippen molar-refractivity contribution in [3.05, 3.63) is 81.8 Å². The number of aliphatic imine (C=N–C) groups is 1. The van der Waals surface area contributed by atoms with Crippen LogP contribution >= 0.6 is 0 Å². The van der Waals surface area contributed by atoms with E-state index in [-0.39, 0.29) is 12.2 Å². The maximum Gasteiger partial charge on any atom is 0.416 e. The summed E-state index contributed by atoms with van der Waals surface area (Å²) in [7, 11) is 0. The molecule has 0 saturated heterocycles. The second-order valence-electron chi connectivity index (χ2n) is 7.72. The summed E-state index contributed by atoms with van der Waals surface area (Å²) in [6, 6.07) is 5.21. The van der Waals surface area contributed by atoms with Gasteiger partial charge in [-0.3, -0.25) is 13.6 Å². The lowest BCUT2D eigenvalue weighted by Gasteiger charge is -2.10. The van der Waals surface area contributed by atoms with Crippen LogP contribution in [-0.4, -0.2) is 29.4 Å². The zero-order chi connectivity index (χ0) is 22.5. The molecular formula is C22H19F3N6O. The third kappa shape index (κ3) is 3.41. The van der Waals surface area contributed by atoms with Crippen LogP contribution in [0.25, 0.3) is 5.65 Å². The summed E-state index contributed by atoms with van der Waals surface area (Å²) >= 11 is 0. The van der Waals surface area contributed by atoms with Gasteiger partial charge in [-0.05, 0) is 24.1 Å². The summed E-state index contributed by atoms with van der Waals surface area (Å²) in [4.78, 5) is 21.9. The van der Waals surface area contributed by atoms with E-state index in [4.69, 9.17) is 4.99 Å². The monoisotopic (exact) mass is 440 g/mol. The Hall–Kier alpha value is -3.69. The minimum atomic E-state index is -4.39. The van der Waals surface area contributed by atoms with Crippen LogP contribution < -0.4 is 5.69 Å². The predicted molar refractivity (Wildman–Crippen MR) is 112 cm³/mol. The van der Waals surface area contributed by atoms with Gasteiger partial charge in [0.15, 0.2) is 0 Å². The Kier molecular flexibility index (Phi) is 4.72. The number of rotatable bonds is 5. The Morgan fingerprint density at radius 2 is 2.06 bits per heavy atom. The van der Waals surface area contributed by atoms with Crippen LogP contribution in [0.3, 0.4) is 0 Å². The molecule has 1 aliphatic heterocycles. The molecular weight excluding hydrogens is 421 g/mol. The summed E-state index contributed by atoms with van der Waals surface area (Å²) in [5.41, 5.74) is 2.61. The number of aromatic nitrogens is 5. The normalized spacial score (nSPS) is 13.6. The van der Waals surface area contributed by atoms with Crippen LogP contribution in [0.2, 0.25) is 0 Å². The van der Waals surface area contributed by atoms with E-state index >= 15 is 0 Å². The molecule has 0 fully saturated rings. The summed E-state index contributed by atoms with van der Waals surface area (Å²) in [6.45, 7) is 2.74. The van der Waals surface area contributed by atoms with Crippen LogP contribution in [0, 0.1) is 0 Å². The molecule has 0 aliphatic carbocycles. The molecule has 4 aromatic rings. The predicted octanol–water partition coefficient (Wildman–Crippen LogP) is 3.85. The first kappa shape index (κ1) is 20.2. The topological polar surface area (TPSA) is 69.5 Å². The third-order valence-electron chi connectivity index (χ3n) is 5.47. The Bertz CT molecular complexity index is 1410. The lowest BCUT2D eigenvalue weighted by Crippen LogP contribution is -2.27. The Morgan fingerprint density at radius 3 is 2.84 bits per heavy atom. The van der Waals surface area contributed by atoms with Crippen molar-refractivity contribution < 1.29 is 13.2 Å². The maximum atomic E-state index is 13.0. The first-order chi connectivity index (χ1) is 15.3. The number of nitrogens with zero attached hydrogens (tertiary/aromatic N) is 6. The minimum absolute atomic E-state index is 0.177. The molecule has 0 amide bonds. The van der Waals surface area contributed by atoms with E-state index < -0.39 is 11.7 Å². The van der Waals surface area contributed by atoms with Crippen molar-refractivity contribution >= 4 is 17.2 Å². The van der Waals surface area contributed by atoms with Crippen molar-refractivity contribution in [1.82, 2.24) is 23.7 Å². The summed E-state index contributed by atoms with van der Waals surface area (Å²) in [6.07, 6.45) is 3.54. The number of fused-ring (bicyclic) bond motifs is 3. The lowest BCUT2D eigenvalue weighted by molar-refractivity contribution is -0.137. The molecule has 3 aromatic heterocycles. The number of benzene rings is 1. The van der Waals surface area contributed by atoms with Gasteiger partial charge in [0.05, 0.1) is 24.0 Å². The fraction of sp³-hybridized carbons (Fsp3) is 0.273. The Morgan fingerprint density at radius 1 is 1.22 bits per heavy atom. The quantitative estimate of drug-likeness (QED) is 0.474. The maximum absolute atomic E-state index is 13.0. The Labute approximate surface area is 180 Å². The van der Waals surface area contributed by atoms with Gasteiger partial charge in [-0.2, -0.15) is 18.3 Å². The molecule has 4 heterocycles. The molecule has 7 nitrogen and oxygen atoms in total. The molecule has 0 spiro atoms. The van der Waals surface area contributed by atoms with Crippen molar-refractivity contribution in [1.29, 1.82) is 0 Å². The highest BCUT2D eigenvalue weighted by Gasteiger charge is 2.30. The highest BCUT2D eigenvalue weighted by Crippen LogP contribution is 2.31. The molecule has 32 heavy (non-hydrogen) atoms. The van der Waals surface area contributed by atoms with Crippen LogP contribution in [0.5, 0.6) is 0 Å². The highest BCUT2D eigenvalue weighted by atomic mass is 19.4. The van der Waals surface area contributed by atoms with E-state index in [0.717, 1.165) is 35.4 Å². The van der Waals surface area contributed by atoms with E-state index in [2.05, 4.69) is 10.1 Å². The molecule has 0 atom stereocenters. The first-order valence-electron chi connectivity index (χ1n) is 10.2. The third-order valence-corrected chi connectivity index (χ3v) is 5.47. The number of imidazole rings is 1. The second kappa shape index (κ2) is 7.47. The van der Waals surface area contributed by atoms with Crippen LogP contribution in [0.4, 0.5) is 19.0 Å². The number of halogens is 3. The van der Waals surface area contributed by atoms with E-state index in [9.17, 15) is 18.0 Å². The van der Waals surface area contributed by atoms with Crippen molar-refractivity contribution in [2.75, 3.05) is 0 Å². The molecule has 0 radical (unpaired) electrons. The average molecular weight is 440 g/mol. The van der Waals surface area contributed by atoms with Crippen molar-refractivity contribution in [2.24, 2.45) is 4.99 Å². The summed E-state index contributed by atoms with van der Waals surface area (Å²) in [5, 5.41) is 4.30. The molecule has 1 aromatic carbocycles. The van der Waals surface area contributed by atoms with Gasteiger partial charge in [0, 0.05) is 42.7 Å². The van der Waals surface area contributed by atoms with Gasteiger partial charge in [-0.25, -0.2) is 14.8 Å². The standard InChI is InChI=1S/C22H19F3N6O/c1-2-7-30-20-17(19-26-6-8-31(19)21(30)32)10-18(28-20)15-11-27-29(13-15)12-14-4-3-5-16(9-14)22(23,24)25/h3-6,8-9,11,13H,2,7,10,12H2,1H3. The molecule has 0 unspecified atom stereocenters. The number of alkyl halides is 3. The van der Waals surface area contributed by atoms with Crippen molar-refractivity contribution in [3.8, 4) is 0 Å². The fourth-order valence-electron chi connectivity index (χ4n) is 4.01. The molecule has 1 aliphatic rings. The van der Waals surface area contributed by atoms with Gasteiger partial charge in [0.1, 0.15) is 11.5 Å². The highest BCUT2D eigenvalue weighted by molar-refractivity contribution is 6.06. The summed E-state index contributed by atoms with van der Waals surface area (Å²) in [5.74, 6) is 0.608. The zero-order valence-corrected chi connectivity index (χ0v) is 17.2. The van der Waals surface area contributed by atoms with E-state index in [1.165, 1.54) is 10.5 Å². The number of hydrogen-bond acceptors (Lipinski definition) is 4. The van der Waals surface area contributed by atoms with E-state index in [1.807, 2.05) is 6.92 Å². The van der Waals surface area contributed by atoms with Crippen LogP contribution in [-0.2, 0) is 25.7 Å². The molecule has 164 valence electrons. The largest absolute Gasteiger partial charge is 0.416 e. The van der Waals surface area contributed by atoms with E-state index in [0.29, 0.717) is 30.0 Å².